The minimum Gasteiger partial charge on any atom is -0.378 e. The molecule has 0 heterocycles. The van der Waals surface area contributed by atoms with Gasteiger partial charge in [0, 0.05) is 5.69 Å². The zero-order valence-electron chi connectivity index (χ0n) is 13.3. The van der Waals surface area contributed by atoms with Gasteiger partial charge in [-0.05, 0) is 49.9 Å². The molecule has 0 aliphatic heterocycles. The van der Waals surface area contributed by atoms with E-state index in [4.69, 9.17) is 0 Å². The Bertz CT molecular complexity index is 595. The zero-order chi connectivity index (χ0) is 15.2. The van der Waals surface area contributed by atoms with Crippen LogP contribution in [0.5, 0.6) is 0 Å². The predicted octanol–water partition coefficient (Wildman–Crippen LogP) is 5.29. The molecule has 0 aliphatic rings. The Morgan fingerprint density at radius 3 is 2.38 bits per heavy atom. The summed E-state index contributed by atoms with van der Waals surface area (Å²) in [4.78, 5) is 0. The normalized spacial score (nSPS) is 12.0. The van der Waals surface area contributed by atoms with Crippen molar-refractivity contribution >= 4 is 5.69 Å². The molecule has 1 atom stereocenters. The van der Waals surface area contributed by atoms with Gasteiger partial charge in [0.05, 0.1) is 6.04 Å². The summed E-state index contributed by atoms with van der Waals surface area (Å²) < 4.78 is 0. The lowest BCUT2D eigenvalue weighted by Crippen LogP contribution is -2.24. The second kappa shape index (κ2) is 7.12. The Kier molecular flexibility index (Phi) is 5.21. The highest BCUT2D eigenvalue weighted by Crippen LogP contribution is 2.19. The number of aryl methyl sites for hydroxylation is 2. The second-order valence-corrected chi connectivity index (χ2v) is 5.77. The second-order valence-electron chi connectivity index (χ2n) is 5.77. The van der Waals surface area contributed by atoms with Gasteiger partial charge in [-0.15, -0.1) is 0 Å². The van der Waals surface area contributed by atoms with Crippen molar-refractivity contribution in [3.05, 3.63) is 77.4 Å². The van der Waals surface area contributed by atoms with Gasteiger partial charge in [-0.3, -0.25) is 0 Å². The van der Waals surface area contributed by atoms with E-state index in [9.17, 15) is 0 Å². The lowest BCUT2D eigenvalue weighted by Gasteiger charge is -2.22. The Balaban J connectivity index is 2.14. The summed E-state index contributed by atoms with van der Waals surface area (Å²) in [6.07, 6.45) is 1.97. The van der Waals surface area contributed by atoms with E-state index in [1.54, 1.807) is 0 Å². The third-order valence-electron chi connectivity index (χ3n) is 3.87. The fourth-order valence-corrected chi connectivity index (χ4v) is 2.44. The molecule has 2 aromatic carbocycles. The van der Waals surface area contributed by atoms with Gasteiger partial charge in [0.2, 0.25) is 0 Å². The van der Waals surface area contributed by atoms with Crippen LogP contribution in [0, 0.1) is 13.8 Å². The highest BCUT2D eigenvalue weighted by molar-refractivity contribution is 5.48. The summed E-state index contributed by atoms with van der Waals surface area (Å²) in [7, 11) is 0. The van der Waals surface area contributed by atoms with Gasteiger partial charge in [0.1, 0.15) is 0 Å². The van der Waals surface area contributed by atoms with Gasteiger partial charge in [-0.2, -0.15) is 0 Å². The van der Waals surface area contributed by atoms with Gasteiger partial charge in [-0.1, -0.05) is 61.0 Å². The SMILES string of the molecule is C=C(CC)C(Cc1ccc(C)cc1)Nc1cccc(C)c1. The molecule has 0 aromatic heterocycles. The lowest BCUT2D eigenvalue weighted by atomic mass is 9.97. The molecule has 0 fully saturated rings. The quantitative estimate of drug-likeness (QED) is 0.708. The molecule has 110 valence electrons. The van der Waals surface area contributed by atoms with Crippen LogP contribution < -0.4 is 5.32 Å². The van der Waals surface area contributed by atoms with Gasteiger partial charge in [-0.25, -0.2) is 0 Å². The van der Waals surface area contributed by atoms with Gasteiger partial charge in [0.15, 0.2) is 0 Å². The average Bonchev–Trinajstić information content (AvgIpc) is 2.48. The van der Waals surface area contributed by atoms with Crippen molar-refractivity contribution in [2.45, 2.75) is 39.7 Å². The van der Waals surface area contributed by atoms with E-state index >= 15 is 0 Å². The van der Waals surface area contributed by atoms with Crippen LogP contribution in [0.2, 0.25) is 0 Å². The van der Waals surface area contributed by atoms with Crippen molar-refractivity contribution in [3.63, 3.8) is 0 Å². The number of benzene rings is 2. The average molecular weight is 279 g/mol. The molecule has 0 radical (unpaired) electrons. The van der Waals surface area contributed by atoms with Crippen LogP contribution in [-0.4, -0.2) is 6.04 Å². The highest BCUT2D eigenvalue weighted by atomic mass is 14.9. The molecule has 1 heteroatoms. The standard InChI is InChI=1S/C20H25N/c1-5-17(4)20(14-18-11-9-15(2)10-12-18)21-19-8-6-7-16(3)13-19/h6-13,20-21H,4-5,14H2,1-3H3. The molecule has 1 unspecified atom stereocenters. The van der Waals surface area contributed by atoms with Gasteiger partial charge in [0.25, 0.3) is 0 Å². The summed E-state index contributed by atoms with van der Waals surface area (Å²) in [6, 6.07) is 17.6. The Morgan fingerprint density at radius 2 is 1.76 bits per heavy atom. The van der Waals surface area contributed by atoms with Crippen LogP contribution >= 0.6 is 0 Å². The Labute approximate surface area is 128 Å². The van der Waals surface area contributed by atoms with E-state index in [0.717, 1.165) is 12.8 Å². The van der Waals surface area contributed by atoms with Crippen LogP contribution in [0.25, 0.3) is 0 Å². The number of rotatable bonds is 6. The summed E-state index contributed by atoms with van der Waals surface area (Å²) in [6.45, 7) is 10.7. The summed E-state index contributed by atoms with van der Waals surface area (Å²) in [5.74, 6) is 0. The van der Waals surface area contributed by atoms with Crippen molar-refractivity contribution in [2.75, 3.05) is 5.32 Å². The molecule has 21 heavy (non-hydrogen) atoms. The molecule has 0 saturated heterocycles. The number of nitrogens with one attached hydrogen (secondary N) is 1. The first-order chi connectivity index (χ1) is 10.1. The Morgan fingerprint density at radius 1 is 1.05 bits per heavy atom. The smallest absolute Gasteiger partial charge is 0.0511 e. The molecule has 2 rings (SSSR count). The number of hydrogen-bond donors (Lipinski definition) is 1. The van der Waals surface area contributed by atoms with Crippen LogP contribution in [0.4, 0.5) is 5.69 Å². The highest BCUT2D eigenvalue weighted by Gasteiger charge is 2.12. The van der Waals surface area contributed by atoms with Crippen molar-refractivity contribution in [1.29, 1.82) is 0 Å². The predicted molar refractivity (Wildman–Crippen MR) is 92.9 cm³/mol. The first-order valence-electron chi connectivity index (χ1n) is 7.65. The monoisotopic (exact) mass is 279 g/mol. The summed E-state index contributed by atoms with van der Waals surface area (Å²) in [5.41, 5.74) is 6.34. The van der Waals surface area contributed by atoms with E-state index in [1.807, 2.05) is 0 Å². The maximum Gasteiger partial charge on any atom is 0.0511 e. The Hall–Kier alpha value is -2.02. The number of hydrogen-bond acceptors (Lipinski definition) is 1. The minimum atomic E-state index is 0.277. The van der Waals surface area contributed by atoms with Crippen LogP contribution in [0.15, 0.2) is 60.7 Å². The maximum atomic E-state index is 4.24. The lowest BCUT2D eigenvalue weighted by molar-refractivity contribution is 0.783. The van der Waals surface area contributed by atoms with E-state index in [1.165, 1.54) is 28.0 Å². The topological polar surface area (TPSA) is 12.0 Å². The molecule has 1 N–H and O–H groups in total. The number of anilines is 1. The van der Waals surface area contributed by atoms with Crippen molar-refractivity contribution in [3.8, 4) is 0 Å². The molecule has 0 bridgehead atoms. The molecule has 2 aromatic rings. The first kappa shape index (κ1) is 15.4. The third-order valence-corrected chi connectivity index (χ3v) is 3.87. The van der Waals surface area contributed by atoms with Crippen LogP contribution in [0.3, 0.4) is 0 Å². The van der Waals surface area contributed by atoms with Crippen LogP contribution in [-0.2, 0) is 6.42 Å². The molecular formula is C20H25N. The molecule has 0 aliphatic carbocycles. The molecule has 1 nitrogen and oxygen atoms in total. The summed E-state index contributed by atoms with van der Waals surface area (Å²) in [5, 5.41) is 3.63. The van der Waals surface area contributed by atoms with E-state index < -0.39 is 0 Å². The van der Waals surface area contributed by atoms with E-state index in [0.29, 0.717) is 0 Å². The summed E-state index contributed by atoms with van der Waals surface area (Å²) >= 11 is 0. The molecule has 0 saturated carbocycles. The minimum absolute atomic E-state index is 0.277. The third kappa shape index (κ3) is 4.49. The molecule has 0 amide bonds. The zero-order valence-corrected chi connectivity index (χ0v) is 13.3. The van der Waals surface area contributed by atoms with Crippen molar-refractivity contribution in [1.82, 2.24) is 0 Å². The molecule has 0 spiro atoms. The molecular weight excluding hydrogens is 254 g/mol. The van der Waals surface area contributed by atoms with Crippen molar-refractivity contribution in [2.24, 2.45) is 0 Å². The maximum absolute atomic E-state index is 4.24. The van der Waals surface area contributed by atoms with E-state index in [-0.39, 0.29) is 6.04 Å². The van der Waals surface area contributed by atoms with E-state index in [2.05, 4.69) is 81.2 Å². The largest absolute Gasteiger partial charge is 0.378 e. The fraction of sp³-hybridized carbons (Fsp3) is 0.300. The fourth-order valence-electron chi connectivity index (χ4n) is 2.44. The van der Waals surface area contributed by atoms with Crippen molar-refractivity contribution < 1.29 is 0 Å². The van der Waals surface area contributed by atoms with Gasteiger partial charge < -0.3 is 5.32 Å². The first-order valence-corrected chi connectivity index (χ1v) is 7.65. The van der Waals surface area contributed by atoms with Crippen LogP contribution in [0.1, 0.15) is 30.0 Å². The van der Waals surface area contributed by atoms with Gasteiger partial charge >= 0.3 is 0 Å².